The van der Waals surface area contributed by atoms with Crippen LogP contribution in [-0.4, -0.2) is 32.1 Å². The molecule has 0 atom stereocenters. The topological polar surface area (TPSA) is 76.7 Å². The van der Waals surface area contributed by atoms with Gasteiger partial charge in [-0.3, -0.25) is 9.59 Å². The minimum absolute atomic E-state index is 0.206. The van der Waals surface area contributed by atoms with Crippen molar-refractivity contribution in [2.24, 2.45) is 0 Å². The number of allylic oxidation sites excluding steroid dienone is 1. The molecule has 2 rings (SSSR count). The van der Waals surface area contributed by atoms with E-state index >= 15 is 0 Å². The third-order valence-electron chi connectivity index (χ3n) is 3.95. The Hall–Kier alpha value is -3.28. The maximum Gasteiger partial charge on any atom is 0.262 e. The van der Waals surface area contributed by atoms with Gasteiger partial charge < -0.3 is 20.1 Å². The second kappa shape index (κ2) is 10.8. The highest BCUT2D eigenvalue weighted by molar-refractivity contribution is 6.04. The van der Waals surface area contributed by atoms with E-state index in [9.17, 15) is 9.59 Å². The maximum absolute atomic E-state index is 12.3. The van der Waals surface area contributed by atoms with Crippen LogP contribution < -0.4 is 20.1 Å². The lowest BCUT2D eigenvalue weighted by molar-refractivity contribution is -0.118. The summed E-state index contributed by atoms with van der Waals surface area (Å²) in [4.78, 5) is 24.6. The number of carbonyl (C=O) groups is 2. The molecule has 2 aromatic rings. The van der Waals surface area contributed by atoms with Crippen LogP contribution in [0.5, 0.6) is 11.5 Å². The highest BCUT2D eigenvalue weighted by atomic mass is 16.5. The van der Waals surface area contributed by atoms with Gasteiger partial charge in [-0.1, -0.05) is 31.2 Å². The lowest BCUT2D eigenvalue weighted by Gasteiger charge is -2.13. The van der Waals surface area contributed by atoms with Crippen LogP contribution in [0.2, 0.25) is 0 Å². The van der Waals surface area contributed by atoms with Gasteiger partial charge in [0.2, 0.25) is 0 Å². The van der Waals surface area contributed by atoms with Crippen molar-refractivity contribution in [3.8, 4) is 11.5 Å². The van der Waals surface area contributed by atoms with Crippen LogP contribution in [0, 0.1) is 0 Å². The van der Waals surface area contributed by atoms with Crippen LogP contribution >= 0.6 is 0 Å². The zero-order valence-electron chi connectivity index (χ0n) is 16.3. The van der Waals surface area contributed by atoms with Crippen LogP contribution in [0.4, 0.5) is 5.69 Å². The Morgan fingerprint density at radius 2 is 1.93 bits per heavy atom. The van der Waals surface area contributed by atoms with Gasteiger partial charge in [-0.2, -0.15) is 0 Å². The third-order valence-corrected chi connectivity index (χ3v) is 3.95. The molecule has 0 unspecified atom stereocenters. The van der Waals surface area contributed by atoms with Gasteiger partial charge in [-0.25, -0.2) is 0 Å². The molecule has 0 saturated heterocycles. The molecule has 6 nitrogen and oxygen atoms in total. The number of amides is 2. The molecule has 0 bridgehead atoms. The molecule has 148 valence electrons. The van der Waals surface area contributed by atoms with Gasteiger partial charge in [0, 0.05) is 6.54 Å². The van der Waals surface area contributed by atoms with Crippen molar-refractivity contribution >= 4 is 17.5 Å². The summed E-state index contributed by atoms with van der Waals surface area (Å²) in [7, 11) is 1.55. The van der Waals surface area contributed by atoms with Crippen molar-refractivity contribution in [2.45, 2.75) is 19.8 Å². The van der Waals surface area contributed by atoms with Crippen molar-refractivity contribution in [3.63, 3.8) is 0 Å². The summed E-state index contributed by atoms with van der Waals surface area (Å²) in [6, 6.07) is 12.4. The summed E-state index contributed by atoms with van der Waals surface area (Å²) in [6.45, 7) is 6.06. The first-order valence-electron chi connectivity index (χ1n) is 9.16. The number of methoxy groups -OCH3 is 1. The number of rotatable bonds is 10. The molecule has 0 aliphatic rings. The summed E-state index contributed by atoms with van der Waals surface area (Å²) in [5.74, 6) is 0.428. The fourth-order valence-corrected chi connectivity index (χ4v) is 2.58. The zero-order chi connectivity index (χ0) is 20.4. The van der Waals surface area contributed by atoms with Crippen LogP contribution in [0.1, 0.15) is 29.3 Å². The number of hydrogen-bond donors (Lipinski definition) is 2. The van der Waals surface area contributed by atoms with Gasteiger partial charge in [0.25, 0.3) is 11.8 Å². The fourth-order valence-electron chi connectivity index (χ4n) is 2.58. The van der Waals surface area contributed by atoms with E-state index in [4.69, 9.17) is 9.47 Å². The summed E-state index contributed by atoms with van der Waals surface area (Å²) >= 11 is 0. The first-order chi connectivity index (χ1) is 13.6. The SMILES string of the molecule is C=CCc1ccc(OCC(=O)Nc2ccccc2C(=O)NCCC)c(OC)c1. The highest BCUT2D eigenvalue weighted by Gasteiger charge is 2.14. The Bertz CT molecular complexity index is 833. The molecule has 0 saturated carbocycles. The average Bonchev–Trinajstić information content (AvgIpc) is 2.71. The molecule has 2 amide bonds. The third kappa shape index (κ3) is 5.87. The number of hydrogen-bond acceptors (Lipinski definition) is 4. The monoisotopic (exact) mass is 382 g/mol. The van der Waals surface area contributed by atoms with Gasteiger partial charge >= 0.3 is 0 Å². The van der Waals surface area contributed by atoms with Crippen LogP contribution in [0.3, 0.4) is 0 Å². The van der Waals surface area contributed by atoms with Gasteiger partial charge in [-0.05, 0) is 42.7 Å². The second-order valence-electron chi connectivity index (χ2n) is 6.12. The van der Waals surface area contributed by atoms with Gasteiger partial charge in [0.15, 0.2) is 18.1 Å². The Balaban J connectivity index is 2.02. The maximum atomic E-state index is 12.3. The fraction of sp³-hybridized carbons (Fsp3) is 0.273. The molecule has 2 N–H and O–H groups in total. The number of para-hydroxylation sites is 1. The molecule has 0 heterocycles. The van der Waals surface area contributed by atoms with E-state index < -0.39 is 0 Å². The van der Waals surface area contributed by atoms with Gasteiger partial charge in [0.05, 0.1) is 18.4 Å². The molecular weight excluding hydrogens is 356 g/mol. The van der Waals surface area contributed by atoms with Crippen molar-refractivity contribution in [2.75, 3.05) is 25.6 Å². The number of benzene rings is 2. The van der Waals surface area contributed by atoms with Crippen LogP contribution in [0.25, 0.3) is 0 Å². The molecule has 0 aliphatic carbocycles. The predicted molar refractivity (Wildman–Crippen MR) is 110 cm³/mol. The standard InChI is InChI=1S/C22H26N2O4/c1-4-8-16-11-12-19(20(14-16)27-3)28-15-21(25)24-18-10-7-6-9-17(18)22(26)23-13-5-2/h4,6-7,9-12,14H,1,5,8,13,15H2,2-3H3,(H,23,26)(H,24,25). The summed E-state index contributed by atoms with van der Waals surface area (Å²) in [5, 5.41) is 5.53. The minimum Gasteiger partial charge on any atom is -0.493 e. The number of anilines is 1. The number of carbonyl (C=O) groups excluding carboxylic acids is 2. The van der Waals surface area contributed by atoms with Crippen molar-refractivity contribution in [1.29, 1.82) is 0 Å². The molecule has 2 aromatic carbocycles. The highest BCUT2D eigenvalue weighted by Crippen LogP contribution is 2.28. The van der Waals surface area contributed by atoms with E-state index in [1.807, 2.05) is 19.1 Å². The summed E-state index contributed by atoms with van der Waals surface area (Å²) in [5.41, 5.74) is 1.89. The lowest BCUT2D eigenvalue weighted by atomic mass is 10.1. The number of nitrogens with one attached hydrogen (secondary N) is 2. The summed E-state index contributed by atoms with van der Waals surface area (Å²) in [6.07, 6.45) is 3.35. The Morgan fingerprint density at radius 3 is 2.64 bits per heavy atom. The Labute approximate surface area is 165 Å². The van der Waals surface area contributed by atoms with E-state index in [1.54, 1.807) is 43.5 Å². The quantitative estimate of drug-likeness (QED) is 0.616. The summed E-state index contributed by atoms with van der Waals surface area (Å²) < 4.78 is 10.9. The molecule has 0 spiro atoms. The van der Waals surface area contributed by atoms with Crippen molar-refractivity contribution in [3.05, 3.63) is 66.2 Å². The number of ether oxygens (including phenoxy) is 2. The minimum atomic E-state index is -0.368. The first-order valence-corrected chi connectivity index (χ1v) is 9.16. The lowest BCUT2D eigenvalue weighted by Crippen LogP contribution is -2.27. The first kappa shape index (κ1) is 21.0. The Kier molecular flexibility index (Phi) is 8.09. The molecule has 6 heteroatoms. The molecule has 0 radical (unpaired) electrons. The van der Waals surface area contributed by atoms with E-state index in [0.29, 0.717) is 35.7 Å². The molecule has 0 aromatic heterocycles. The molecule has 0 fully saturated rings. The second-order valence-corrected chi connectivity index (χ2v) is 6.12. The smallest absolute Gasteiger partial charge is 0.262 e. The van der Waals surface area contributed by atoms with Crippen molar-refractivity contribution < 1.29 is 19.1 Å². The van der Waals surface area contributed by atoms with E-state index in [1.165, 1.54) is 0 Å². The van der Waals surface area contributed by atoms with Crippen LogP contribution in [0.15, 0.2) is 55.1 Å². The van der Waals surface area contributed by atoms with Gasteiger partial charge in [-0.15, -0.1) is 6.58 Å². The molecular formula is C22H26N2O4. The molecule has 28 heavy (non-hydrogen) atoms. The predicted octanol–water partition coefficient (Wildman–Crippen LogP) is 3.58. The zero-order valence-corrected chi connectivity index (χ0v) is 16.3. The average molecular weight is 382 g/mol. The largest absolute Gasteiger partial charge is 0.493 e. The van der Waals surface area contributed by atoms with E-state index in [-0.39, 0.29) is 18.4 Å². The van der Waals surface area contributed by atoms with Crippen molar-refractivity contribution in [1.82, 2.24) is 5.32 Å². The van der Waals surface area contributed by atoms with Crippen LogP contribution in [-0.2, 0) is 11.2 Å². The normalized spacial score (nSPS) is 10.1. The van der Waals surface area contributed by atoms with E-state index in [2.05, 4.69) is 17.2 Å². The van der Waals surface area contributed by atoms with Gasteiger partial charge in [0.1, 0.15) is 0 Å². The van der Waals surface area contributed by atoms with E-state index in [0.717, 1.165) is 12.0 Å². The Morgan fingerprint density at radius 1 is 1.14 bits per heavy atom. The molecule has 0 aliphatic heterocycles.